The van der Waals surface area contributed by atoms with Crippen LogP contribution in [0.3, 0.4) is 0 Å². The maximum absolute atomic E-state index is 11.9. The second kappa shape index (κ2) is 8.31. The lowest BCUT2D eigenvalue weighted by Gasteiger charge is -2.42. The second-order valence-corrected chi connectivity index (χ2v) is 5.92. The van der Waals surface area contributed by atoms with Crippen molar-refractivity contribution in [2.75, 3.05) is 13.1 Å². The number of amides is 2. The largest absolute Gasteiger partial charge is 0.480 e. The van der Waals surface area contributed by atoms with Gasteiger partial charge in [0.25, 0.3) is 0 Å². The molecule has 128 valence electrons. The van der Waals surface area contributed by atoms with E-state index < -0.39 is 5.97 Å². The van der Waals surface area contributed by atoms with Crippen LogP contribution in [-0.4, -0.2) is 47.2 Å². The van der Waals surface area contributed by atoms with E-state index in [1.807, 2.05) is 17.9 Å². The zero-order valence-corrected chi connectivity index (χ0v) is 13.7. The van der Waals surface area contributed by atoms with Crippen LogP contribution in [-0.2, 0) is 11.3 Å². The van der Waals surface area contributed by atoms with Gasteiger partial charge >= 0.3 is 12.0 Å². The Morgan fingerprint density at radius 3 is 2.79 bits per heavy atom. The van der Waals surface area contributed by atoms with Gasteiger partial charge in [0, 0.05) is 18.6 Å². The molecule has 0 spiro atoms. The summed E-state index contributed by atoms with van der Waals surface area (Å²) in [6, 6.07) is 9.20. The molecule has 1 aromatic carbocycles. The summed E-state index contributed by atoms with van der Waals surface area (Å²) in [6.07, 6.45) is 1.52. The van der Waals surface area contributed by atoms with Crippen molar-refractivity contribution in [1.29, 1.82) is 5.26 Å². The van der Waals surface area contributed by atoms with Crippen molar-refractivity contribution >= 4 is 12.0 Å². The van der Waals surface area contributed by atoms with Crippen molar-refractivity contribution in [3.63, 3.8) is 0 Å². The number of hydrogen-bond donors (Lipinski definition) is 3. The highest BCUT2D eigenvalue weighted by atomic mass is 16.4. The normalized spacial score (nSPS) is 19.2. The highest BCUT2D eigenvalue weighted by Gasteiger charge is 2.34. The van der Waals surface area contributed by atoms with E-state index in [0.717, 1.165) is 18.4 Å². The summed E-state index contributed by atoms with van der Waals surface area (Å²) in [5.41, 5.74) is 1.43. The van der Waals surface area contributed by atoms with Crippen molar-refractivity contribution in [2.45, 2.75) is 38.4 Å². The summed E-state index contributed by atoms with van der Waals surface area (Å²) in [5.74, 6) is -0.828. The van der Waals surface area contributed by atoms with Gasteiger partial charge in [-0.2, -0.15) is 5.26 Å². The van der Waals surface area contributed by atoms with E-state index in [9.17, 15) is 9.59 Å². The molecule has 0 aliphatic heterocycles. The molecular formula is C17H22N4O3. The number of hydrogen-bond acceptors (Lipinski definition) is 4. The van der Waals surface area contributed by atoms with Gasteiger partial charge in [-0.25, -0.2) is 4.79 Å². The van der Waals surface area contributed by atoms with Crippen LogP contribution in [0.1, 0.15) is 30.9 Å². The van der Waals surface area contributed by atoms with Gasteiger partial charge < -0.3 is 15.7 Å². The lowest BCUT2D eigenvalue weighted by Crippen LogP contribution is -2.56. The Kier molecular flexibility index (Phi) is 6.15. The third kappa shape index (κ3) is 4.96. The van der Waals surface area contributed by atoms with Crippen LogP contribution in [0, 0.1) is 11.3 Å². The molecule has 1 aliphatic rings. The topological polar surface area (TPSA) is 105 Å². The monoisotopic (exact) mass is 330 g/mol. The minimum absolute atomic E-state index is 0.0370. The SMILES string of the molecule is CCN(CC(=O)O)C1CC(NC(=O)NCc2cccc(C#N)c2)C1. The van der Waals surface area contributed by atoms with Gasteiger partial charge in [-0.3, -0.25) is 9.69 Å². The molecule has 2 rings (SSSR count). The third-order valence-electron chi connectivity index (χ3n) is 4.22. The van der Waals surface area contributed by atoms with Gasteiger partial charge in [0.05, 0.1) is 18.2 Å². The Balaban J connectivity index is 1.71. The number of nitrogens with one attached hydrogen (secondary N) is 2. The maximum atomic E-state index is 11.9. The Labute approximate surface area is 141 Å². The Morgan fingerprint density at radius 1 is 1.42 bits per heavy atom. The van der Waals surface area contributed by atoms with E-state index in [2.05, 4.69) is 16.7 Å². The lowest BCUT2D eigenvalue weighted by molar-refractivity contribution is -0.139. The van der Waals surface area contributed by atoms with Gasteiger partial charge in [-0.15, -0.1) is 0 Å². The molecule has 7 heteroatoms. The number of rotatable bonds is 7. The second-order valence-electron chi connectivity index (χ2n) is 5.92. The van der Waals surface area contributed by atoms with E-state index >= 15 is 0 Å². The van der Waals surface area contributed by atoms with E-state index in [1.165, 1.54) is 0 Å². The van der Waals surface area contributed by atoms with Gasteiger partial charge in [0.1, 0.15) is 0 Å². The zero-order valence-electron chi connectivity index (χ0n) is 13.7. The molecule has 1 fully saturated rings. The van der Waals surface area contributed by atoms with Crippen LogP contribution in [0.4, 0.5) is 4.79 Å². The van der Waals surface area contributed by atoms with Crippen molar-refractivity contribution in [2.24, 2.45) is 0 Å². The molecule has 2 amide bonds. The number of carbonyl (C=O) groups is 2. The van der Waals surface area contributed by atoms with Crippen LogP contribution in [0.2, 0.25) is 0 Å². The number of nitriles is 1. The molecule has 1 aliphatic carbocycles. The third-order valence-corrected chi connectivity index (χ3v) is 4.22. The molecule has 3 N–H and O–H groups in total. The van der Waals surface area contributed by atoms with E-state index in [-0.39, 0.29) is 24.7 Å². The van der Waals surface area contributed by atoms with Crippen LogP contribution in [0.5, 0.6) is 0 Å². The summed E-state index contributed by atoms with van der Waals surface area (Å²) >= 11 is 0. The number of urea groups is 1. The number of aliphatic carboxylic acids is 1. The number of likely N-dealkylation sites (N-methyl/N-ethyl adjacent to an activating group) is 1. The van der Waals surface area contributed by atoms with Gasteiger partial charge in [-0.05, 0) is 37.1 Å². The molecule has 24 heavy (non-hydrogen) atoms. The first-order valence-electron chi connectivity index (χ1n) is 8.01. The summed E-state index contributed by atoms with van der Waals surface area (Å²) in [7, 11) is 0. The first-order valence-corrected chi connectivity index (χ1v) is 8.01. The van der Waals surface area contributed by atoms with Crippen molar-refractivity contribution in [1.82, 2.24) is 15.5 Å². The first kappa shape index (κ1) is 17.8. The summed E-state index contributed by atoms with van der Waals surface area (Å²) < 4.78 is 0. The van der Waals surface area contributed by atoms with Gasteiger partial charge in [-0.1, -0.05) is 19.1 Å². The minimum atomic E-state index is -0.828. The first-order chi connectivity index (χ1) is 11.5. The van der Waals surface area contributed by atoms with Crippen LogP contribution >= 0.6 is 0 Å². The molecule has 7 nitrogen and oxygen atoms in total. The van der Waals surface area contributed by atoms with Crippen molar-refractivity contribution in [3.8, 4) is 6.07 Å². The van der Waals surface area contributed by atoms with E-state index in [4.69, 9.17) is 10.4 Å². The quantitative estimate of drug-likeness (QED) is 0.699. The molecule has 0 unspecified atom stereocenters. The Hall–Kier alpha value is -2.59. The number of carboxylic acid groups (broad SMARTS) is 1. The highest BCUT2D eigenvalue weighted by molar-refractivity contribution is 5.74. The maximum Gasteiger partial charge on any atom is 0.317 e. The summed E-state index contributed by atoms with van der Waals surface area (Å²) in [4.78, 5) is 24.6. The van der Waals surface area contributed by atoms with Gasteiger partial charge in [0.15, 0.2) is 0 Å². The minimum Gasteiger partial charge on any atom is -0.480 e. The summed E-state index contributed by atoms with van der Waals surface area (Å²) in [6.45, 7) is 3.02. The average molecular weight is 330 g/mol. The predicted molar refractivity (Wildman–Crippen MR) is 88.2 cm³/mol. The zero-order chi connectivity index (χ0) is 17.5. The standard InChI is InChI=1S/C17H22N4O3/c1-2-21(11-16(22)23)15-7-14(8-15)20-17(24)19-10-13-5-3-4-12(6-13)9-18/h3-6,14-15H,2,7-8,10-11H2,1H3,(H,22,23)(H2,19,20,24). The van der Waals surface area contributed by atoms with Crippen LogP contribution < -0.4 is 10.6 Å². The Bertz CT molecular complexity index is 635. The highest BCUT2D eigenvalue weighted by Crippen LogP contribution is 2.25. The van der Waals surface area contributed by atoms with E-state index in [1.54, 1.807) is 18.2 Å². The van der Waals surface area contributed by atoms with Crippen LogP contribution in [0.25, 0.3) is 0 Å². The number of benzene rings is 1. The fourth-order valence-corrected chi connectivity index (χ4v) is 2.85. The molecule has 0 atom stereocenters. The fraction of sp³-hybridized carbons (Fsp3) is 0.471. The molecule has 0 heterocycles. The van der Waals surface area contributed by atoms with Crippen molar-refractivity contribution < 1.29 is 14.7 Å². The molecule has 0 saturated heterocycles. The lowest BCUT2D eigenvalue weighted by atomic mass is 9.85. The summed E-state index contributed by atoms with van der Waals surface area (Å²) in [5, 5.41) is 23.4. The van der Waals surface area contributed by atoms with Crippen molar-refractivity contribution in [3.05, 3.63) is 35.4 Å². The number of nitrogens with zero attached hydrogens (tertiary/aromatic N) is 2. The fourth-order valence-electron chi connectivity index (χ4n) is 2.85. The molecular weight excluding hydrogens is 308 g/mol. The molecule has 1 aromatic rings. The smallest absolute Gasteiger partial charge is 0.317 e. The number of carbonyl (C=O) groups excluding carboxylic acids is 1. The van der Waals surface area contributed by atoms with Crippen LogP contribution in [0.15, 0.2) is 24.3 Å². The number of carboxylic acids is 1. The predicted octanol–water partition coefficient (Wildman–Crippen LogP) is 1.29. The molecule has 0 aromatic heterocycles. The molecule has 0 bridgehead atoms. The average Bonchev–Trinajstić information content (AvgIpc) is 2.54. The Morgan fingerprint density at radius 2 is 2.17 bits per heavy atom. The molecule has 1 saturated carbocycles. The molecule has 0 radical (unpaired) electrons. The van der Waals surface area contributed by atoms with Gasteiger partial charge in [0.2, 0.25) is 0 Å². The van der Waals surface area contributed by atoms with E-state index in [0.29, 0.717) is 18.7 Å².